The van der Waals surface area contributed by atoms with Crippen molar-refractivity contribution in [2.45, 2.75) is 59.4 Å². The summed E-state index contributed by atoms with van der Waals surface area (Å²) in [5.41, 5.74) is 3.73. The average Bonchev–Trinajstić information content (AvgIpc) is 3.63. The minimum atomic E-state index is -0.128. The molecule has 0 radical (unpaired) electrons. The van der Waals surface area contributed by atoms with Crippen LogP contribution in [0.3, 0.4) is 0 Å². The highest BCUT2D eigenvalue weighted by Gasteiger charge is 2.14. The smallest absolute Gasteiger partial charge is 0.255 e. The molecule has 2 heterocycles. The fourth-order valence-electron chi connectivity index (χ4n) is 4.84. The van der Waals surface area contributed by atoms with Gasteiger partial charge in [0.25, 0.3) is 5.91 Å². The van der Waals surface area contributed by atoms with Gasteiger partial charge in [0.05, 0.1) is 19.7 Å². The lowest BCUT2D eigenvalue weighted by molar-refractivity contribution is 0.102. The van der Waals surface area contributed by atoms with Gasteiger partial charge >= 0.3 is 0 Å². The molecule has 4 aromatic rings. The summed E-state index contributed by atoms with van der Waals surface area (Å²) in [6, 6.07) is 15.9. The second kappa shape index (κ2) is 15.1. The van der Waals surface area contributed by atoms with Gasteiger partial charge < -0.3 is 20.0 Å². The summed E-state index contributed by atoms with van der Waals surface area (Å²) in [7, 11) is 0. The fourth-order valence-corrected chi connectivity index (χ4v) is 4.84. The molecule has 0 bridgehead atoms. The number of aromatic nitrogens is 4. The van der Waals surface area contributed by atoms with Gasteiger partial charge in [0, 0.05) is 55.7 Å². The van der Waals surface area contributed by atoms with Crippen molar-refractivity contribution in [3.05, 3.63) is 102 Å². The van der Waals surface area contributed by atoms with Gasteiger partial charge in [0.2, 0.25) is 0 Å². The third-order valence-electron chi connectivity index (χ3n) is 6.76. The zero-order valence-electron chi connectivity index (χ0n) is 23.6. The molecule has 9 nitrogen and oxygen atoms in total. The minimum Gasteiger partial charge on any atom is -0.395 e. The molecule has 9 heteroatoms. The Hall–Kier alpha value is -3.79. The van der Waals surface area contributed by atoms with Crippen LogP contribution in [0.1, 0.15) is 59.8 Å². The average molecular weight is 544 g/mol. The number of nitrogens with one attached hydrogen (secondary N) is 2. The van der Waals surface area contributed by atoms with Crippen LogP contribution in [0.4, 0.5) is 5.69 Å². The summed E-state index contributed by atoms with van der Waals surface area (Å²) in [5.74, 6) is 1.62. The second-order valence-corrected chi connectivity index (χ2v) is 10.1. The van der Waals surface area contributed by atoms with Gasteiger partial charge in [-0.25, -0.2) is 9.97 Å². The first-order chi connectivity index (χ1) is 19.6. The molecule has 0 spiro atoms. The highest BCUT2D eigenvalue weighted by atomic mass is 16.3. The van der Waals surface area contributed by atoms with Crippen LogP contribution in [-0.4, -0.2) is 60.0 Å². The first kappa shape index (κ1) is 29.2. The second-order valence-electron chi connectivity index (χ2n) is 10.1. The van der Waals surface area contributed by atoms with E-state index in [4.69, 9.17) is 0 Å². The van der Waals surface area contributed by atoms with Crippen molar-refractivity contribution in [2.24, 2.45) is 0 Å². The van der Waals surface area contributed by atoms with E-state index >= 15 is 0 Å². The van der Waals surface area contributed by atoms with Crippen LogP contribution >= 0.6 is 0 Å². The number of hydrogen-bond donors (Lipinski definition) is 3. The number of nitrogens with zero attached hydrogens (tertiary/aromatic N) is 5. The topological polar surface area (TPSA) is 102 Å². The summed E-state index contributed by atoms with van der Waals surface area (Å²) >= 11 is 0. The number of H-pyrrole nitrogens is 1. The van der Waals surface area contributed by atoms with Crippen molar-refractivity contribution in [3.8, 4) is 0 Å². The van der Waals surface area contributed by atoms with Gasteiger partial charge in [0.15, 0.2) is 0 Å². The normalized spacial score (nSPS) is 11.4. The molecule has 0 fully saturated rings. The lowest BCUT2D eigenvalue weighted by Crippen LogP contribution is -2.25. The number of carbonyl (C=O) groups is 1. The van der Waals surface area contributed by atoms with Crippen molar-refractivity contribution in [2.75, 3.05) is 25.0 Å². The molecule has 2 aromatic heterocycles. The van der Waals surface area contributed by atoms with Crippen molar-refractivity contribution in [3.63, 3.8) is 0 Å². The molecular formula is C31H41N7O2. The Morgan fingerprint density at radius 3 is 2.17 bits per heavy atom. The maximum absolute atomic E-state index is 12.9. The third-order valence-corrected chi connectivity index (χ3v) is 6.76. The number of benzene rings is 2. The van der Waals surface area contributed by atoms with Crippen LogP contribution in [-0.2, 0) is 32.7 Å². The number of hydrogen-bond acceptors (Lipinski definition) is 6. The molecule has 0 unspecified atom stereocenters. The monoisotopic (exact) mass is 543 g/mol. The molecule has 0 atom stereocenters. The Morgan fingerprint density at radius 1 is 0.875 bits per heavy atom. The number of amides is 1. The van der Waals surface area contributed by atoms with E-state index in [-0.39, 0.29) is 12.5 Å². The number of aliphatic hydroxyl groups is 1. The molecule has 3 N–H and O–H groups in total. The van der Waals surface area contributed by atoms with Crippen molar-refractivity contribution in [1.82, 2.24) is 29.3 Å². The van der Waals surface area contributed by atoms with E-state index < -0.39 is 0 Å². The number of imidazole rings is 2. The van der Waals surface area contributed by atoms with Gasteiger partial charge in [-0.15, -0.1) is 0 Å². The van der Waals surface area contributed by atoms with Gasteiger partial charge in [-0.2, -0.15) is 0 Å². The van der Waals surface area contributed by atoms with Crippen molar-refractivity contribution in [1.29, 1.82) is 0 Å². The van der Waals surface area contributed by atoms with Crippen molar-refractivity contribution >= 4 is 11.6 Å². The van der Waals surface area contributed by atoms with Crippen LogP contribution in [0.25, 0.3) is 0 Å². The zero-order chi connectivity index (χ0) is 28.2. The molecule has 212 valence electrons. The predicted octanol–water partition coefficient (Wildman–Crippen LogP) is 4.68. The standard InChI is InChI=1S/C31H41N7O2/c1-3-16-36(17-4-2)21-26-7-11-28(12-8-26)35-31(40)27-9-5-25(6-10-27)22-37(23-29-32-13-14-33-29)24-30-34-15-18-38(30)19-20-39/h5-15,18,39H,3-4,16-17,19-24H2,1-2H3,(H,32,33)(H,35,40). The number of carbonyl (C=O) groups excluding carboxylic acids is 1. The van der Waals surface area contributed by atoms with E-state index in [1.807, 2.05) is 53.4 Å². The first-order valence-corrected chi connectivity index (χ1v) is 14.1. The van der Waals surface area contributed by atoms with Gasteiger partial charge in [-0.1, -0.05) is 38.1 Å². The predicted molar refractivity (Wildman–Crippen MR) is 158 cm³/mol. The molecule has 0 saturated carbocycles. The number of rotatable bonds is 16. The molecule has 0 aliphatic rings. The van der Waals surface area contributed by atoms with Crippen LogP contribution in [0.15, 0.2) is 73.3 Å². The molecule has 4 rings (SSSR count). The van der Waals surface area contributed by atoms with E-state index in [0.717, 1.165) is 55.4 Å². The van der Waals surface area contributed by atoms with Crippen molar-refractivity contribution < 1.29 is 9.90 Å². The lowest BCUT2D eigenvalue weighted by atomic mass is 10.1. The maximum Gasteiger partial charge on any atom is 0.255 e. The van der Waals surface area contributed by atoms with Gasteiger partial charge in [0.1, 0.15) is 11.6 Å². The maximum atomic E-state index is 12.9. The zero-order valence-corrected chi connectivity index (χ0v) is 23.6. The summed E-state index contributed by atoms with van der Waals surface area (Å²) in [4.78, 5) is 29.7. The Bertz CT molecular complexity index is 1280. The first-order valence-electron chi connectivity index (χ1n) is 14.1. The molecular weight excluding hydrogens is 502 g/mol. The van der Waals surface area contributed by atoms with E-state index in [2.05, 4.69) is 56.0 Å². The van der Waals surface area contributed by atoms with E-state index in [9.17, 15) is 9.90 Å². The fraction of sp³-hybridized carbons (Fsp3) is 0.387. The summed E-state index contributed by atoms with van der Waals surface area (Å²) < 4.78 is 1.96. The molecule has 40 heavy (non-hydrogen) atoms. The Balaban J connectivity index is 1.36. The molecule has 0 saturated heterocycles. The lowest BCUT2D eigenvalue weighted by Gasteiger charge is -2.22. The molecule has 1 amide bonds. The van der Waals surface area contributed by atoms with E-state index in [1.54, 1.807) is 12.4 Å². The quantitative estimate of drug-likeness (QED) is 0.190. The van der Waals surface area contributed by atoms with Gasteiger partial charge in [-0.3, -0.25) is 14.6 Å². The Labute approximate surface area is 236 Å². The minimum absolute atomic E-state index is 0.0612. The highest BCUT2D eigenvalue weighted by molar-refractivity contribution is 6.04. The summed E-state index contributed by atoms with van der Waals surface area (Å²) in [5, 5.41) is 12.4. The van der Waals surface area contributed by atoms with Crippen LogP contribution < -0.4 is 5.32 Å². The highest BCUT2D eigenvalue weighted by Crippen LogP contribution is 2.16. The summed E-state index contributed by atoms with van der Waals surface area (Å²) in [6.07, 6.45) is 9.48. The number of anilines is 1. The molecule has 0 aliphatic heterocycles. The van der Waals surface area contributed by atoms with E-state index in [0.29, 0.717) is 31.7 Å². The van der Waals surface area contributed by atoms with Crippen LogP contribution in [0.2, 0.25) is 0 Å². The summed E-state index contributed by atoms with van der Waals surface area (Å²) in [6.45, 7) is 9.98. The van der Waals surface area contributed by atoms with Crippen LogP contribution in [0, 0.1) is 0 Å². The molecule has 2 aromatic carbocycles. The SMILES string of the molecule is CCCN(CCC)Cc1ccc(NC(=O)c2ccc(CN(Cc3ncc[nH]3)Cc3nccn3CCO)cc2)cc1. The Morgan fingerprint density at radius 2 is 1.55 bits per heavy atom. The Kier molecular flexibility index (Phi) is 11.0. The largest absolute Gasteiger partial charge is 0.395 e. The van der Waals surface area contributed by atoms with E-state index in [1.165, 1.54) is 5.56 Å². The molecule has 0 aliphatic carbocycles. The van der Waals surface area contributed by atoms with Crippen LogP contribution in [0.5, 0.6) is 0 Å². The van der Waals surface area contributed by atoms with Gasteiger partial charge in [-0.05, 0) is 61.3 Å². The number of aromatic amines is 1. The number of aliphatic hydroxyl groups excluding tert-OH is 1. The third kappa shape index (κ3) is 8.61.